The van der Waals surface area contributed by atoms with E-state index in [1.165, 1.54) is 12.3 Å². The lowest BCUT2D eigenvalue weighted by Gasteiger charge is -2.16. The van der Waals surface area contributed by atoms with Gasteiger partial charge in [0.05, 0.1) is 6.61 Å². The summed E-state index contributed by atoms with van der Waals surface area (Å²) < 4.78 is 6.19. The normalized spacial score (nSPS) is 32.9. The number of aliphatic hydroxyl groups is 3. The molecular formula is C9H13N3O5. The zero-order valence-corrected chi connectivity index (χ0v) is 8.80. The first-order valence-corrected chi connectivity index (χ1v) is 5.01. The summed E-state index contributed by atoms with van der Waals surface area (Å²) in [5.41, 5.74) is 4.63. The van der Waals surface area contributed by atoms with Crippen molar-refractivity contribution < 1.29 is 20.1 Å². The van der Waals surface area contributed by atoms with Crippen molar-refractivity contribution in [2.75, 3.05) is 12.3 Å². The average Bonchev–Trinajstić information content (AvgIpc) is 2.57. The molecule has 1 aliphatic rings. The summed E-state index contributed by atoms with van der Waals surface area (Å²) in [4.78, 5) is 15.0. The molecule has 0 bridgehead atoms. The van der Waals surface area contributed by atoms with Gasteiger partial charge in [-0.25, -0.2) is 4.79 Å². The lowest BCUT2D eigenvalue weighted by molar-refractivity contribution is -0.0549. The Bertz CT molecular complexity index is 462. The van der Waals surface area contributed by atoms with Gasteiger partial charge in [0.2, 0.25) is 0 Å². The molecule has 1 aromatic heterocycles. The quantitative estimate of drug-likeness (QED) is 0.423. The van der Waals surface area contributed by atoms with Crippen molar-refractivity contribution in [2.45, 2.75) is 24.5 Å². The van der Waals surface area contributed by atoms with Gasteiger partial charge in [-0.15, -0.1) is 0 Å². The zero-order valence-electron chi connectivity index (χ0n) is 8.80. The van der Waals surface area contributed by atoms with Crippen molar-refractivity contribution in [2.24, 2.45) is 0 Å². The van der Waals surface area contributed by atoms with E-state index in [-0.39, 0.29) is 5.82 Å². The summed E-state index contributed by atoms with van der Waals surface area (Å²) >= 11 is 0. The average molecular weight is 248 g/mol. The SMILES string of the molecule is Nc1ccn([13CH]2O[13CH]([13CH2]O)[13CH](O)[13CH]2O)c(=O)n1. The second kappa shape index (κ2) is 4.41. The number of nitrogens with two attached hydrogens (primary N) is 1. The van der Waals surface area contributed by atoms with Crippen LogP contribution in [0, 0.1) is 0 Å². The lowest BCUT2D eigenvalue weighted by atomic mass is 10.6. The minimum Gasteiger partial charge on any atom is -0.394 e. The minimum atomic E-state index is -1.31. The van der Waals surface area contributed by atoms with E-state index in [4.69, 9.17) is 15.6 Å². The van der Waals surface area contributed by atoms with Crippen LogP contribution in [0.15, 0.2) is 17.1 Å². The predicted octanol–water partition coefficient (Wildman–Crippen LogP) is -2.56. The molecule has 0 aromatic carbocycles. The van der Waals surface area contributed by atoms with Crippen LogP contribution in [0.3, 0.4) is 0 Å². The highest BCUT2D eigenvalue weighted by atomic mass is 16.8. The first-order chi connectivity index (χ1) is 8.04. The lowest BCUT2D eigenvalue weighted by Crippen LogP contribution is -2.36. The van der Waals surface area contributed by atoms with Crippen molar-refractivity contribution in [3.05, 3.63) is 22.7 Å². The number of rotatable bonds is 2. The largest absolute Gasteiger partial charge is 0.394 e. The maximum Gasteiger partial charge on any atom is 0.351 e. The van der Waals surface area contributed by atoms with Gasteiger partial charge in [-0.1, -0.05) is 0 Å². The number of ether oxygens (including phenoxy) is 1. The number of aromatic nitrogens is 2. The molecule has 0 radical (unpaired) electrons. The van der Waals surface area contributed by atoms with Crippen molar-refractivity contribution in [1.29, 1.82) is 0 Å². The zero-order chi connectivity index (χ0) is 12.6. The fraction of sp³-hybridized carbons (Fsp3) is 0.556. The van der Waals surface area contributed by atoms with Gasteiger partial charge in [-0.05, 0) is 6.07 Å². The second-order valence-electron chi connectivity index (χ2n) is 3.77. The Morgan fingerprint density at radius 3 is 2.71 bits per heavy atom. The van der Waals surface area contributed by atoms with Gasteiger partial charge in [0.1, 0.15) is 24.1 Å². The first-order valence-electron chi connectivity index (χ1n) is 5.01. The predicted molar refractivity (Wildman–Crippen MR) is 55.9 cm³/mol. The van der Waals surface area contributed by atoms with Crippen LogP contribution in [-0.4, -0.2) is 49.8 Å². The van der Waals surface area contributed by atoms with Crippen LogP contribution in [0.1, 0.15) is 6.23 Å². The summed E-state index contributed by atoms with van der Waals surface area (Å²) in [5, 5.41) is 28.2. The highest BCUT2D eigenvalue weighted by molar-refractivity contribution is 5.23. The molecule has 5 N–H and O–H groups in total. The van der Waals surface area contributed by atoms with Gasteiger partial charge in [0.25, 0.3) is 0 Å². The molecule has 0 saturated carbocycles. The van der Waals surface area contributed by atoms with E-state index in [0.29, 0.717) is 0 Å². The van der Waals surface area contributed by atoms with Crippen LogP contribution < -0.4 is 11.4 Å². The number of hydrogen-bond donors (Lipinski definition) is 4. The maximum atomic E-state index is 11.5. The smallest absolute Gasteiger partial charge is 0.351 e. The molecule has 1 aromatic rings. The summed E-state index contributed by atoms with van der Waals surface area (Å²) in [6, 6.07) is 1.37. The number of aliphatic hydroxyl groups excluding tert-OH is 3. The second-order valence-corrected chi connectivity index (χ2v) is 3.77. The highest BCUT2D eigenvalue weighted by Crippen LogP contribution is 2.27. The highest BCUT2D eigenvalue weighted by Gasteiger charge is 2.43. The Morgan fingerprint density at radius 1 is 1.47 bits per heavy atom. The summed E-state index contributed by atoms with van der Waals surface area (Å²) in [7, 11) is 0. The number of hydrogen-bond acceptors (Lipinski definition) is 7. The Kier molecular flexibility index (Phi) is 3.11. The third-order valence-corrected chi connectivity index (χ3v) is 2.64. The van der Waals surface area contributed by atoms with Crippen molar-refractivity contribution >= 4 is 5.82 Å². The fourth-order valence-electron chi connectivity index (χ4n) is 1.73. The van der Waals surface area contributed by atoms with Gasteiger partial charge < -0.3 is 25.8 Å². The standard InChI is InChI=1S/C9H13N3O5/c10-5-1-2-12(9(16)11-5)8-7(15)6(14)4(3-13)17-8/h1-2,4,6-8,13-15H,3H2,(H2,10,11,16)/i3+1,4+1,6+1,7+1,8+1. The molecule has 0 spiro atoms. The molecular weight excluding hydrogens is 235 g/mol. The van der Waals surface area contributed by atoms with E-state index >= 15 is 0 Å². The van der Waals surface area contributed by atoms with Crippen molar-refractivity contribution in [3.8, 4) is 0 Å². The first kappa shape index (κ1) is 12.0. The Hall–Kier alpha value is -1.48. The third kappa shape index (κ3) is 2.03. The molecule has 4 atom stereocenters. The molecule has 2 heterocycles. The molecule has 1 aliphatic heterocycles. The monoisotopic (exact) mass is 248 g/mol. The van der Waals surface area contributed by atoms with Crippen molar-refractivity contribution in [3.63, 3.8) is 0 Å². The summed E-state index contributed by atoms with van der Waals surface area (Å²) in [6.07, 6.45) is -3.27. The van der Waals surface area contributed by atoms with E-state index in [1.54, 1.807) is 0 Å². The van der Waals surface area contributed by atoms with E-state index in [0.717, 1.165) is 4.57 Å². The van der Waals surface area contributed by atoms with Gasteiger partial charge in [-0.2, -0.15) is 4.98 Å². The third-order valence-electron chi connectivity index (χ3n) is 2.64. The van der Waals surface area contributed by atoms with Crippen LogP contribution >= 0.6 is 0 Å². The van der Waals surface area contributed by atoms with E-state index in [2.05, 4.69) is 4.98 Å². The van der Waals surface area contributed by atoms with Crippen LogP contribution in [0.5, 0.6) is 0 Å². The Morgan fingerprint density at radius 2 is 2.18 bits per heavy atom. The van der Waals surface area contributed by atoms with Gasteiger partial charge >= 0.3 is 5.69 Å². The molecule has 1 saturated heterocycles. The van der Waals surface area contributed by atoms with E-state index in [9.17, 15) is 15.0 Å². The molecule has 8 heteroatoms. The Labute approximate surface area is 95.9 Å². The number of nitrogens with zero attached hydrogens (tertiary/aromatic N) is 2. The van der Waals surface area contributed by atoms with Gasteiger partial charge in [0.15, 0.2) is 6.23 Å². The van der Waals surface area contributed by atoms with Crippen molar-refractivity contribution in [1.82, 2.24) is 9.55 Å². The minimum absolute atomic E-state index is 0.0537. The number of nitrogen functional groups attached to an aromatic ring is 1. The molecule has 1 fully saturated rings. The topological polar surface area (TPSA) is 131 Å². The van der Waals surface area contributed by atoms with Gasteiger partial charge in [0, 0.05) is 6.20 Å². The molecule has 0 aliphatic carbocycles. The van der Waals surface area contributed by atoms with Crippen LogP contribution in [-0.2, 0) is 4.74 Å². The van der Waals surface area contributed by atoms with Crippen LogP contribution in [0.25, 0.3) is 0 Å². The molecule has 94 valence electrons. The summed E-state index contributed by atoms with van der Waals surface area (Å²) in [6.45, 7) is -0.453. The van der Waals surface area contributed by atoms with Crippen LogP contribution in [0.2, 0.25) is 0 Å². The van der Waals surface area contributed by atoms with Crippen LogP contribution in [0.4, 0.5) is 5.82 Å². The molecule has 4 unspecified atom stereocenters. The van der Waals surface area contributed by atoms with E-state index < -0.39 is 36.8 Å². The maximum absolute atomic E-state index is 11.5. The molecule has 2 rings (SSSR count). The Balaban J connectivity index is 2.32. The molecule has 0 amide bonds. The molecule has 17 heavy (non-hydrogen) atoms. The van der Waals surface area contributed by atoms with E-state index in [1.807, 2.05) is 0 Å². The molecule has 8 nitrogen and oxygen atoms in total. The van der Waals surface area contributed by atoms with Gasteiger partial charge in [-0.3, -0.25) is 4.57 Å². The summed E-state index contributed by atoms with van der Waals surface area (Å²) in [5.74, 6) is 0.0537. The fourth-order valence-corrected chi connectivity index (χ4v) is 1.73. The number of anilines is 1.